The van der Waals surface area contributed by atoms with Crippen molar-refractivity contribution < 1.29 is 9.84 Å². The number of methoxy groups -OCH3 is 1. The minimum absolute atomic E-state index is 0.239. The highest BCUT2D eigenvalue weighted by atomic mass is 127. The number of hydrogen-bond acceptors (Lipinski definition) is 4. The summed E-state index contributed by atoms with van der Waals surface area (Å²) in [5, 5.41) is 9.84. The van der Waals surface area contributed by atoms with E-state index >= 15 is 0 Å². The lowest BCUT2D eigenvalue weighted by Crippen LogP contribution is -2.45. The van der Waals surface area contributed by atoms with Gasteiger partial charge in [0.25, 0.3) is 0 Å². The summed E-state index contributed by atoms with van der Waals surface area (Å²) < 4.78 is 6.05. The zero-order valence-corrected chi connectivity index (χ0v) is 13.7. The fourth-order valence-corrected chi connectivity index (χ4v) is 3.06. The Hall–Kier alpha value is -0.530. The van der Waals surface area contributed by atoms with Gasteiger partial charge in [-0.2, -0.15) is 0 Å². The van der Waals surface area contributed by atoms with Crippen molar-refractivity contribution >= 4 is 22.6 Å². The molecule has 0 unspecified atom stereocenters. The highest BCUT2D eigenvalue weighted by Gasteiger charge is 2.17. The average Bonchev–Trinajstić information content (AvgIpc) is 2.43. The van der Waals surface area contributed by atoms with Crippen LogP contribution in [0.25, 0.3) is 0 Å². The second-order valence-electron chi connectivity index (χ2n) is 4.84. The van der Waals surface area contributed by atoms with Crippen LogP contribution in [-0.2, 0) is 6.54 Å². The van der Waals surface area contributed by atoms with Gasteiger partial charge in [0.15, 0.2) is 11.5 Å². The molecular formula is C14H21IN2O2. The van der Waals surface area contributed by atoms with Crippen molar-refractivity contribution in [1.82, 2.24) is 9.80 Å². The van der Waals surface area contributed by atoms with Crippen LogP contribution in [0.3, 0.4) is 0 Å². The average molecular weight is 376 g/mol. The molecule has 4 nitrogen and oxygen atoms in total. The number of aromatic hydroxyl groups is 1. The normalized spacial score (nSPS) is 17.6. The first-order valence-electron chi connectivity index (χ1n) is 6.64. The van der Waals surface area contributed by atoms with Crippen LogP contribution in [-0.4, -0.2) is 54.7 Å². The van der Waals surface area contributed by atoms with Gasteiger partial charge < -0.3 is 14.7 Å². The van der Waals surface area contributed by atoms with Gasteiger partial charge in [0, 0.05) is 32.7 Å². The fourth-order valence-electron chi connectivity index (χ4n) is 2.40. The maximum Gasteiger partial charge on any atom is 0.171 e. The smallest absolute Gasteiger partial charge is 0.171 e. The van der Waals surface area contributed by atoms with Crippen molar-refractivity contribution in [3.05, 3.63) is 21.3 Å². The van der Waals surface area contributed by atoms with Gasteiger partial charge in [0.1, 0.15) is 0 Å². The summed E-state index contributed by atoms with van der Waals surface area (Å²) in [5.41, 5.74) is 1.20. The number of phenolic OH excluding ortho intramolecular Hbond substituents is 1. The molecule has 19 heavy (non-hydrogen) atoms. The number of rotatable bonds is 4. The van der Waals surface area contributed by atoms with Gasteiger partial charge in [0.05, 0.1) is 10.7 Å². The molecule has 106 valence electrons. The first kappa shape index (κ1) is 14.9. The SMILES string of the molecule is CCN1CCN(Cc2cc(I)c(O)c(OC)c2)CC1. The molecule has 1 heterocycles. The largest absolute Gasteiger partial charge is 0.504 e. The summed E-state index contributed by atoms with van der Waals surface area (Å²) in [6.07, 6.45) is 0. The first-order chi connectivity index (χ1) is 9.13. The van der Waals surface area contributed by atoms with E-state index in [1.165, 1.54) is 5.56 Å². The van der Waals surface area contributed by atoms with Crippen LogP contribution >= 0.6 is 22.6 Å². The second-order valence-corrected chi connectivity index (χ2v) is 6.00. The quantitative estimate of drug-likeness (QED) is 0.817. The lowest BCUT2D eigenvalue weighted by Gasteiger charge is -2.34. The number of likely N-dealkylation sites (N-methyl/N-ethyl adjacent to an activating group) is 1. The van der Waals surface area contributed by atoms with Gasteiger partial charge in [-0.15, -0.1) is 0 Å². The van der Waals surface area contributed by atoms with Crippen molar-refractivity contribution in [2.75, 3.05) is 39.8 Å². The molecule has 1 N–H and O–H groups in total. The summed E-state index contributed by atoms with van der Waals surface area (Å²) in [5.74, 6) is 0.803. The minimum Gasteiger partial charge on any atom is -0.504 e. The molecule has 0 atom stereocenters. The molecule has 1 aliphatic rings. The van der Waals surface area contributed by atoms with Crippen molar-refractivity contribution in [1.29, 1.82) is 0 Å². The van der Waals surface area contributed by atoms with Gasteiger partial charge in [0.2, 0.25) is 0 Å². The van der Waals surface area contributed by atoms with Crippen molar-refractivity contribution in [2.24, 2.45) is 0 Å². The predicted octanol–water partition coefficient (Wildman–Crippen LogP) is 2.14. The number of piperazine rings is 1. The molecule has 1 aromatic rings. The Morgan fingerprint density at radius 3 is 2.42 bits per heavy atom. The van der Waals surface area contributed by atoms with E-state index in [0.29, 0.717) is 5.75 Å². The summed E-state index contributed by atoms with van der Waals surface area (Å²) in [6, 6.07) is 3.97. The van der Waals surface area contributed by atoms with Crippen molar-refractivity contribution in [3.63, 3.8) is 0 Å². The summed E-state index contributed by atoms with van der Waals surface area (Å²) in [7, 11) is 1.59. The molecule has 2 rings (SSSR count). The molecule has 1 aromatic carbocycles. The van der Waals surface area contributed by atoms with E-state index in [9.17, 15) is 5.11 Å². The summed E-state index contributed by atoms with van der Waals surface area (Å²) in [6.45, 7) is 8.76. The van der Waals surface area contributed by atoms with E-state index in [0.717, 1.165) is 42.8 Å². The maximum absolute atomic E-state index is 9.84. The van der Waals surface area contributed by atoms with Crippen LogP contribution in [0.15, 0.2) is 12.1 Å². The van der Waals surface area contributed by atoms with Gasteiger partial charge >= 0.3 is 0 Å². The third kappa shape index (κ3) is 3.73. The van der Waals surface area contributed by atoms with Crippen LogP contribution in [0.1, 0.15) is 12.5 Å². The molecule has 5 heteroatoms. The molecule has 0 aliphatic carbocycles. The molecule has 0 aromatic heterocycles. The Bertz CT molecular complexity index is 432. The van der Waals surface area contributed by atoms with E-state index in [1.807, 2.05) is 12.1 Å². The first-order valence-corrected chi connectivity index (χ1v) is 7.72. The van der Waals surface area contributed by atoms with Crippen LogP contribution in [0.4, 0.5) is 0 Å². The second kappa shape index (κ2) is 6.76. The monoisotopic (exact) mass is 376 g/mol. The number of phenols is 1. The van der Waals surface area contributed by atoms with E-state index < -0.39 is 0 Å². The van der Waals surface area contributed by atoms with Crippen LogP contribution in [0.5, 0.6) is 11.5 Å². The Balaban J connectivity index is 2.02. The standard InChI is InChI=1S/C14H21IN2O2/c1-3-16-4-6-17(7-5-16)10-11-8-12(15)14(18)13(9-11)19-2/h8-9,18H,3-7,10H2,1-2H3. The number of benzene rings is 1. The molecule has 1 fully saturated rings. The van der Waals surface area contributed by atoms with Crippen LogP contribution in [0, 0.1) is 3.57 Å². The lowest BCUT2D eigenvalue weighted by molar-refractivity contribution is 0.132. The Labute approximate surface area is 128 Å². The number of hydrogen-bond donors (Lipinski definition) is 1. The molecule has 1 aliphatic heterocycles. The summed E-state index contributed by atoms with van der Waals surface area (Å²) in [4.78, 5) is 4.92. The molecule has 0 radical (unpaired) electrons. The fraction of sp³-hybridized carbons (Fsp3) is 0.571. The molecule has 0 amide bonds. The van der Waals surface area contributed by atoms with Crippen LogP contribution < -0.4 is 4.74 Å². The number of halogens is 1. The van der Waals surface area contributed by atoms with E-state index in [4.69, 9.17) is 4.74 Å². The Morgan fingerprint density at radius 2 is 1.84 bits per heavy atom. The van der Waals surface area contributed by atoms with Gasteiger partial charge in [-0.05, 0) is 46.8 Å². The number of ether oxygens (including phenoxy) is 1. The third-order valence-corrected chi connectivity index (χ3v) is 4.45. The van der Waals surface area contributed by atoms with E-state index in [1.54, 1.807) is 7.11 Å². The van der Waals surface area contributed by atoms with Crippen molar-refractivity contribution in [3.8, 4) is 11.5 Å². The molecular weight excluding hydrogens is 355 g/mol. The lowest BCUT2D eigenvalue weighted by atomic mass is 10.1. The van der Waals surface area contributed by atoms with Gasteiger partial charge in [-0.25, -0.2) is 0 Å². The van der Waals surface area contributed by atoms with E-state index in [-0.39, 0.29) is 5.75 Å². The Morgan fingerprint density at radius 1 is 1.21 bits per heavy atom. The molecule has 1 saturated heterocycles. The zero-order chi connectivity index (χ0) is 13.8. The van der Waals surface area contributed by atoms with Crippen molar-refractivity contribution in [2.45, 2.75) is 13.5 Å². The predicted molar refractivity (Wildman–Crippen MR) is 84.8 cm³/mol. The maximum atomic E-state index is 9.84. The van der Waals surface area contributed by atoms with Gasteiger partial charge in [-0.3, -0.25) is 4.90 Å². The Kier molecular flexibility index (Phi) is 5.29. The number of nitrogens with zero attached hydrogens (tertiary/aromatic N) is 2. The third-order valence-electron chi connectivity index (χ3n) is 3.63. The summed E-state index contributed by atoms with van der Waals surface area (Å²) >= 11 is 2.15. The highest BCUT2D eigenvalue weighted by molar-refractivity contribution is 14.1. The molecule has 0 bridgehead atoms. The van der Waals surface area contributed by atoms with Crippen LogP contribution in [0.2, 0.25) is 0 Å². The minimum atomic E-state index is 0.239. The molecule has 0 spiro atoms. The highest BCUT2D eigenvalue weighted by Crippen LogP contribution is 2.32. The van der Waals surface area contributed by atoms with Gasteiger partial charge in [-0.1, -0.05) is 6.92 Å². The zero-order valence-electron chi connectivity index (χ0n) is 11.5. The molecule has 0 saturated carbocycles. The topological polar surface area (TPSA) is 35.9 Å². The van der Waals surface area contributed by atoms with E-state index in [2.05, 4.69) is 39.3 Å².